The van der Waals surface area contributed by atoms with Gasteiger partial charge >= 0.3 is 3.93 Å². The molecule has 0 bridgehead atoms. The number of halogens is 4. The molecular weight excluding hydrogens is 519 g/mol. The predicted octanol–water partition coefficient (Wildman–Crippen LogP) is 4.90. The van der Waals surface area contributed by atoms with Gasteiger partial charge in [0.1, 0.15) is 11.6 Å². The van der Waals surface area contributed by atoms with Crippen LogP contribution in [0.3, 0.4) is 0 Å². The molecule has 29 heavy (non-hydrogen) atoms. The van der Waals surface area contributed by atoms with Crippen molar-refractivity contribution in [2.75, 3.05) is 11.9 Å². The lowest BCUT2D eigenvalue weighted by Crippen LogP contribution is -2.27. The Bertz CT molecular complexity index is 922. The van der Waals surface area contributed by atoms with Crippen LogP contribution in [-0.4, -0.2) is 27.3 Å². The molecule has 2 aromatic rings. The average molecular weight is 538 g/mol. The predicted molar refractivity (Wildman–Crippen MR) is 115 cm³/mol. The molecule has 1 unspecified atom stereocenters. The molecular formula is C19H19ClF2IN3O3. The Hall–Kier alpha value is -2.01. The largest absolute Gasteiger partial charge is 0.485 e. The third kappa shape index (κ3) is 7.39. The third-order valence-electron chi connectivity index (χ3n) is 3.71. The summed E-state index contributed by atoms with van der Waals surface area (Å²) in [6.07, 6.45) is 0. The van der Waals surface area contributed by atoms with E-state index in [0.717, 1.165) is 22.6 Å². The lowest BCUT2D eigenvalue weighted by atomic mass is 10.1. The highest BCUT2D eigenvalue weighted by molar-refractivity contribution is 14.1. The zero-order valence-corrected chi connectivity index (χ0v) is 18.8. The maximum absolute atomic E-state index is 12.9. The quantitative estimate of drug-likeness (QED) is 0.389. The summed E-state index contributed by atoms with van der Waals surface area (Å²) in [4.78, 5) is 28.0. The molecule has 2 rings (SSSR count). The lowest BCUT2D eigenvalue weighted by molar-refractivity contribution is -0.114. The number of alkyl halides is 3. The molecule has 1 heterocycles. The van der Waals surface area contributed by atoms with Gasteiger partial charge in [-0.2, -0.15) is 8.78 Å². The lowest BCUT2D eigenvalue weighted by Gasteiger charge is -2.17. The van der Waals surface area contributed by atoms with Crippen molar-refractivity contribution in [3.05, 3.63) is 52.2 Å². The van der Waals surface area contributed by atoms with Crippen molar-refractivity contribution in [1.82, 2.24) is 10.3 Å². The number of hydrogen-bond acceptors (Lipinski definition) is 4. The number of rotatable bonds is 7. The Labute approximate surface area is 185 Å². The van der Waals surface area contributed by atoms with E-state index in [-0.39, 0.29) is 28.4 Å². The molecule has 1 atom stereocenters. The summed E-state index contributed by atoms with van der Waals surface area (Å²) in [6.45, 7) is 4.02. The number of ether oxygens (including phenoxy) is 1. The van der Waals surface area contributed by atoms with E-state index >= 15 is 0 Å². The summed E-state index contributed by atoms with van der Waals surface area (Å²) in [5.41, 5.74) is 1.58. The SMILES string of the molecule is CC(=O)Nc1cc(C(=O)NC(C)c2ccc(OCC(F)(F)I)c(Cl)c2)cc(C)n1. The smallest absolute Gasteiger partial charge is 0.329 e. The second-order valence-electron chi connectivity index (χ2n) is 6.35. The number of amides is 2. The van der Waals surface area contributed by atoms with Crippen molar-refractivity contribution in [1.29, 1.82) is 0 Å². The molecule has 0 fully saturated rings. The van der Waals surface area contributed by atoms with E-state index in [0.29, 0.717) is 16.8 Å². The fraction of sp³-hybridized carbons (Fsp3) is 0.316. The van der Waals surface area contributed by atoms with Crippen LogP contribution in [0.5, 0.6) is 5.75 Å². The number of anilines is 1. The number of aromatic nitrogens is 1. The fourth-order valence-electron chi connectivity index (χ4n) is 2.47. The van der Waals surface area contributed by atoms with Crippen molar-refractivity contribution >= 4 is 51.8 Å². The number of carbonyl (C=O) groups excluding carboxylic acids is 2. The van der Waals surface area contributed by atoms with Crippen molar-refractivity contribution in [2.45, 2.75) is 30.7 Å². The van der Waals surface area contributed by atoms with Gasteiger partial charge in [-0.15, -0.1) is 0 Å². The minimum absolute atomic E-state index is 0.134. The Morgan fingerprint density at radius 1 is 1.31 bits per heavy atom. The summed E-state index contributed by atoms with van der Waals surface area (Å²) >= 11 is 7.10. The van der Waals surface area contributed by atoms with Crippen LogP contribution >= 0.6 is 34.2 Å². The first kappa shape index (κ1) is 23.3. The Balaban J connectivity index is 2.10. The standard InChI is InChI=1S/C19H19ClF2IN3O3/c1-10-6-14(8-17(24-10)26-12(3)27)18(28)25-11(2)13-4-5-16(15(20)7-13)29-9-19(21,22)23/h4-8,11H,9H2,1-3H3,(H,25,28)(H,24,26,27). The summed E-state index contributed by atoms with van der Waals surface area (Å²) in [5, 5.41) is 5.53. The molecule has 6 nitrogen and oxygen atoms in total. The summed E-state index contributed by atoms with van der Waals surface area (Å²) < 4.78 is 27.9. The zero-order valence-electron chi connectivity index (χ0n) is 15.9. The monoisotopic (exact) mass is 537 g/mol. The third-order valence-corrected chi connectivity index (χ3v) is 4.32. The first-order valence-corrected chi connectivity index (χ1v) is 9.96. The molecule has 1 aromatic heterocycles. The number of nitrogens with zero attached hydrogens (tertiary/aromatic N) is 1. The summed E-state index contributed by atoms with van der Waals surface area (Å²) in [7, 11) is 0. The molecule has 0 aliphatic carbocycles. The van der Waals surface area contributed by atoms with E-state index in [1.54, 1.807) is 32.0 Å². The van der Waals surface area contributed by atoms with Gasteiger partial charge in [0.05, 0.1) is 11.1 Å². The van der Waals surface area contributed by atoms with Crippen LogP contribution in [-0.2, 0) is 4.79 Å². The van der Waals surface area contributed by atoms with Crippen molar-refractivity contribution in [3.8, 4) is 5.75 Å². The Morgan fingerprint density at radius 3 is 2.59 bits per heavy atom. The van der Waals surface area contributed by atoms with Crippen molar-refractivity contribution in [3.63, 3.8) is 0 Å². The van der Waals surface area contributed by atoms with Crippen LogP contribution in [0.1, 0.15) is 41.5 Å². The number of hydrogen-bond donors (Lipinski definition) is 2. The zero-order chi connectivity index (χ0) is 21.8. The van der Waals surface area contributed by atoms with E-state index in [1.165, 1.54) is 19.1 Å². The van der Waals surface area contributed by atoms with E-state index in [1.807, 2.05) is 0 Å². The molecule has 2 N–H and O–H groups in total. The van der Waals surface area contributed by atoms with Gasteiger partial charge in [0.25, 0.3) is 5.91 Å². The van der Waals surface area contributed by atoms with E-state index in [2.05, 4.69) is 15.6 Å². The molecule has 0 saturated heterocycles. The van der Waals surface area contributed by atoms with Crippen LogP contribution in [0.15, 0.2) is 30.3 Å². The van der Waals surface area contributed by atoms with Crippen LogP contribution in [0.2, 0.25) is 5.02 Å². The van der Waals surface area contributed by atoms with Crippen LogP contribution in [0.25, 0.3) is 0 Å². The highest BCUT2D eigenvalue weighted by Gasteiger charge is 2.25. The highest BCUT2D eigenvalue weighted by Crippen LogP contribution is 2.30. The van der Waals surface area contributed by atoms with E-state index in [4.69, 9.17) is 16.3 Å². The van der Waals surface area contributed by atoms with Gasteiger partial charge < -0.3 is 15.4 Å². The van der Waals surface area contributed by atoms with Crippen LogP contribution in [0, 0.1) is 6.92 Å². The van der Waals surface area contributed by atoms with Gasteiger partial charge in [-0.3, -0.25) is 9.59 Å². The van der Waals surface area contributed by atoms with Gasteiger partial charge in [0.15, 0.2) is 6.61 Å². The number of benzene rings is 1. The second kappa shape index (κ2) is 9.66. The highest BCUT2D eigenvalue weighted by atomic mass is 127. The van der Waals surface area contributed by atoms with Crippen molar-refractivity contribution in [2.24, 2.45) is 0 Å². The molecule has 156 valence electrons. The molecule has 0 spiro atoms. The Morgan fingerprint density at radius 2 is 2.00 bits per heavy atom. The maximum atomic E-state index is 12.9. The number of aryl methyl sites for hydroxylation is 1. The average Bonchev–Trinajstić information content (AvgIpc) is 2.58. The normalized spacial score (nSPS) is 12.2. The van der Waals surface area contributed by atoms with Gasteiger partial charge in [-0.1, -0.05) is 17.7 Å². The summed E-state index contributed by atoms with van der Waals surface area (Å²) in [6, 6.07) is 7.32. The molecule has 0 radical (unpaired) electrons. The van der Waals surface area contributed by atoms with Crippen molar-refractivity contribution < 1.29 is 23.1 Å². The molecule has 0 aliphatic rings. The first-order valence-electron chi connectivity index (χ1n) is 8.51. The molecule has 2 amide bonds. The number of pyridine rings is 1. The topological polar surface area (TPSA) is 80.3 Å². The van der Waals surface area contributed by atoms with Gasteiger partial charge in [0.2, 0.25) is 5.91 Å². The summed E-state index contributed by atoms with van der Waals surface area (Å²) in [5.74, 6) is -0.238. The van der Waals surface area contributed by atoms with Crippen LogP contribution < -0.4 is 15.4 Å². The number of carbonyl (C=O) groups is 2. The first-order chi connectivity index (χ1) is 13.4. The van der Waals surface area contributed by atoms with E-state index < -0.39 is 16.6 Å². The molecule has 0 saturated carbocycles. The van der Waals surface area contributed by atoms with E-state index in [9.17, 15) is 18.4 Å². The Kier molecular flexibility index (Phi) is 7.75. The number of nitrogens with one attached hydrogen (secondary N) is 2. The minimum atomic E-state index is -3.00. The molecule has 10 heteroatoms. The fourth-order valence-corrected chi connectivity index (χ4v) is 2.87. The van der Waals surface area contributed by atoms with Crippen LogP contribution in [0.4, 0.5) is 14.6 Å². The minimum Gasteiger partial charge on any atom is -0.485 e. The van der Waals surface area contributed by atoms with Gasteiger partial charge in [0, 0.05) is 40.8 Å². The van der Waals surface area contributed by atoms with Gasteiger partial charge in [-0.05, 0) is 43.7 Å². The molecule has 0 aliphatic heterocycles. The van der Waals surface area contributed by atoms with Gasteiger partial charge in [-0.25, -0.2) is 4.98 Å². The second-order valence-corrected chi connectivity index (χ2v) is 8.34. The maximum Gasteiger partial charge on any atom is 0.329 e. The molecule has 1 aromatic carbocycles.